The van der Waals surface area contributed by atoms with Gasteiger partial charge in [0.1, 0.15) is 22.9 Å². The van der Waals surface area contributed by atoms with Crippen LogP contribution in [0.1, 0.15) is 40.7 Å². The first-order valence-corrected chi connectivity index (χ1v) is 14.3. The van der Waals surface area contributed by atoms with Gasteiger partial charge < -0.3 is 19.9 Å². The summed E-state index contributed by atoms with van der Waals surface area (Å²) in [5.41, 5.74) is 1.62. The number of carboxylic acid groups (broad SMARTS) is 1. The van der Waals surface area contributed by atoms with Crippen LogP contribution in [0.3, 0.4) is 0 Å². The zero-order valence-electron chi connectivity index (χ0n) is 23.9. The number of methoxy groups -OCH3 is 1. The molecule has 226 valence electrons. The molecule has 0 spiro atoms. The number of carboxylic acids is 1. The van der Waals surface area contributed by atoms with Crippen LogP contribution < -0.4 is 10.1 Å². The summed E-state index contributed by atoms with van der Waals surface area (Å²) in [7, 11) is 1.15. The lowest BCUT2D eigenvalue weighted by molar-refractivity contribution is -0.143. The van der Waals surface area contributed by atoms with E-state index in [9.17, 15) is 28.3 Å². The molecule has 1 heterocycles. The molecule has 1 saturated carbocycles. The summed E-state index contributed by atoms with van der Waals surface area (Å²) in [6.07, 6.45) is 2.29. The van der Waals surface area contributed by atoms with Gasteiger partial charge in [-0.1, -0.05) is 36.4 Å². The highest BCUT2D eigenvalue weighted by Gasteiger charge is 2.43. The zero-order chi connectivity index (χ0) is 30.5. The molecular weight excluding hydrogens is 558 g/mol. The normalized spacial score (nSPS) is 19.8. The van der Waals surface area contributed by atoms with Gasteiger partial charge in [0.25, 0.3) is 0 Å². The third-order valence-electron chi connectivity index (χ3n) is 8.13. The van der Waals surface area contributed by atoms with Crippen LogP contribution in [0.15, 0.2) is 60.7 Å². The van der Waals surface area contributed by atoms with Crippen molar-refractivity contribution in [3.63, 3.8) is 0 Å². The number of piperidine rings is 1. The van der Waals surface area contributed by atoms with E-state index in [1.165, 1.54) is 24.3 Å². The number of carbonyl (C=O) groups excluding carboxylic acids is 2. The molecule has 2 aliphatic rings. The predicted molar refractivity (Wildman–Crippen MR) is 154 cm³/mol. The van der Waals surface area contributed by atoms with Gasteiger partial charge in [0.2, 0.25) is 5.91 Å². The Hall–Kier alpha value is -4.31. The van der Waals surface area contributed by atoms with Gasteiger partial charge in [-0.3, -0.25) is 14.5 Å². The van der Waals surface area contributed by atoms with Crippen LogP contribution in [0.25, 0.3) is 11.1 Å². The van der Waals surface area contributed by atoms with E-state index in [2.05, 4.69) is 15.0 Å². The van der Waals surface area contributed by atoms with E-state index in [4.69, 9.17) is 4.74 Å². The Balaban J connectivity index is 1.08. The van der Waals surface area contributed by atoms with E-state index >= 15 is 0 Å². The number of benzene rings is 3. The molecular formula is C33H34F2N2O6. The van der Waals surface area contributed by atoms with Crippen molar-refractivity contribution < 1.29 is 37.7 Å². The van der Waals surface area contributed by atoms with E-state index < -0.39 is 23.6 Å². The van der Waals surface area contributed by atoms with Gasteiger partial charge in [-0.2, -0.15) is 0 Å². The van der Waals surface area contributed by atoms with Crippen LogP contribution in [0.2, 0.25) is 0 Å². The van der Waals surface area contributed by atoms with Gasteiger partial charge in [-0.05, 0) is 66.8 Å². The Kier molecular flexibility index (Phi) is 9.35. The number of aliphatic carboxylic acids is 1. The number of esters is 1. The zero-order valence-corrected chi connectivity index (χ0v) is 23.9. The number of hydrogen-bond donors (Lipinski definition) is 2. The quantitative estimate of drug-likeness (QED) is 0.301. The lowest BCUT2D eigenvalue weighted by Gasteiger charge is -2.30. The SMILES string of the molecule is COC(=O)c1c(F)cccc1-c1ccc(CNC(=O)C2CC2COc2ccc(CN3CCCC(C(=O)O)C3)cc2)c(F)c1. The standard InChI is InChI=1S/C33H34F2N2O6/c1-42-33(41)30-26(5-2-6-28(30)34)21-9-10-22(29(35)15-21)16-36-31(38)27-14-24(27)19-43-25-11-7-20(8-12-25)17-37-13-3-4-23(18-37)32(39)40/h2,5-12,15,23-24,27H,3-4,13-14,16-19H2,1H3,(H,36,38)(H,39,40). The van der Waals surface area contributed by atoms with E-state index in [0.717, 1.165) is 38.1 Å². The molecule has 0 radical (unpaired) electrons. The highest BCUT2D eigenvalue weighted by atomic mass is 19.1. The minimum atomic E-state index is -0.852. The molecule has 1 amide bonds. The molecule has 43 heavy (non-hydrogen) atoms. The third-order valence-corrected chi connectivity index (χ3v) is 8.13. The molecule has 8 nitrogen and oxygen atoms in total. The van der Waals surface area contributed by atoms with Crippen molar-refractivity contribution in [2.75, 3.05) is 26.8 Å². The lowest BCUT2D eigenvalue weighted by atomic mass is 9.98. The van der Waals surface area contributed by atoms with Crippen molar-refractivity contribution in [1.29, 1.82) is 0 Å². The maximum Gasteiger partial charge on any atom is 0.341 e. The minimum absolute atomic E-state index is 0.00623. The third kappa shape index (κ3) is 7.37. The van der Waals surface area contributed by atoms with Crippen molar-refractivity contribution in [3.05, 3.63) is 89.0 Å². The Morgan fingerprint density at radius 1 is 1.05 bits per heavy atom. The average Bonchev–Trinajstić information content (AvgIpc) is 3.79. The largest absolute Gasteiger partial charge is 0.493 e. The molecule has 0 aromatic heterocycles. The molecule has 5 rings (SSSR count). The number of nitrogens with one attached hydrogen (secondary N) is 1. The number of rotatable bonds is 11. The van der Waals surface area contributed by atoms with Gasteiger partial charge in [-0.15, -0.1) is 0 Å². The first-order valence-electron chi connectivity index (χ1n) is 14.3. The molecule has 3 atom stereocenters. The van der Waals surface area contributed by atoms with Crippen LogP contribution in [0, 0.1) is 29.4 Å². The van der Waals surface area contributed by atoms with Crippen LogP contribution >= 0.6 is 0 Å². The van der Waals surface area contributed by atoms with Crippen molar-refractivity contribution in [3.8, 4) is 16.9 Å². The summed E-state index contributed by atoms with van der Waals surface area (Å²) in [4.78, 5) is 38.2. The molecule has 3 unspecified atom stereocenters. The first kappa shape index (κ1) is 30.2. The van der Waals surface area contributed by atoms with Crippen molar-refractivity contribution >= 4 is 17.8 Å². The van der Waals surface area contributed by atoms with E-state index in [-0.39, 0.29) is 46.9 Å². The van der Waals surface area contributed by atoms with Crippen molar-refractivity contribution in [1.82, 2.24) is 10.2 Å². The van der Waals surface area contributed by atoms with Crippen molar-refractivity contribution in [2.45, 2.75) is 32.4 Å². The Morgan fingerprint density at radius 2 is 1.84 bits per heavy atom. The van der Waals surface area contributed by atoms with Gasteiger partial charge in [0.05, 0.1) is 19.6 Å². The predicted octanol–water partition coefficient (Wildman–Crippen LogP) is 5.05. The molecule has 0 bridgehead atoms. The fourth-order valence-corrected chi connectivity index (χ4v) is 5.55. The number of amides is 1. The molecule has 10 heteroatoms. The van der Waals surface area contributed by atoms with E-state index in [1.807, 2.05) is 24.3 Å². The summed E-state index contributed by atoms with van der Waals surface area (Å²) in [6, 6.07) is 16.1. The number of nitrogens with zero attached hydrogens (tertiary/aromatic N) is 1. The van der Waals surface area contributed by atoms with E-state index in [1.54, 1.807) is 6.07 Å². The maximum absolute atomic E-state index is 14.9. The fourth-order valence-electron chi connectivity index (χ4n) is 5.55. The van der Waals surface area contributed by atoms with Crippen LogP contribution in [0.5, 0.6) is 5.75 Å². The molecule has 2 N–H and O–H groups in total. The van der Waals surface area contributed by atoms with Crippen LogP contribution in [0.4, 0.5) is 8.78 Å². The number of ether oxygens (including phenoxy) is 2. The van der Waals surface area contributed by atoms with Gasteiger partial charge in [0, 0.05) is 37.0 Å². The van der Waals surface area contributed by atoms with Crippen molar-refractivity contribution in [2.24, 2.45) is 17.8 Å². The Morgan fingerprint density at radius 3 is 2.56 bits per heavy atom. The van der Waals surface area contributed by atoms with Crippen LogP contribution in [-0.4, -0.2) is 54.7 Å². The average molecular weight is 593 g/mol. The van der Waals surface area contributed by atoms with Crippen LogP contribution in [-0.2, 0) is 27.4 Å². The summed E-state index contributed by atoms with van der Waals surface area (Å²) in [5.74, 6) is -2.86. The van der Waals surface area contributed by atoms with Gasteiger partial charge >= 0.3 is 11.9 Å². The highest BCUT2D eigenvalue weighted by Crippen LogP contribution is 2.39. The molecule has 3 aromatic carbocycles. The smallest absolute Gasteiger partial charge is 0.341 e. The fraction of sp³-hybridized carbons (Fsp3) is 0.364. The summed E-state index contributed by atoms with van der Waals surface area (Å²) < 4.78 is 39.8. The maximum atomic E-state index is 14.9. The first-order chi connectivity index (χ1) is 20.7. The number of halogens is 2. The summed E-state index contributed by atoms with van der Waals surface area (Å²) in [5, 5.41) is 12.1. The molecule has 3 aromatic rings. The van der Waals surface area contributed by atoms with Gasteiger partial charge in [0.15, 0.2) is 0 Å². The molecule has 1 saturated heterocycles. The summed E-state index contributed by atoms with van der Waals surface area (Å²) >= 11 is 0. The second-order valence-corrected chi connectivity index (χ2v) is 11.1. The molecule has 2 fully saturated rings. The second kappa shape index (κ2) is 13.3. The Labute approximate surface area is 248 Å². The molecule has 1 aliphatic carbocycles. The monoisotopic (exact) mass is 592 g/mol. The molecule has 1 aliphatic heterocycles. The topological polar surface area (TPSA) is 105 Å². The van der Waals surface area contributed by atoms with E-state index in [0.29, 0.717) is 37.4 Å². The Bertz CT molecular complexity index is 1500. The number of hydrogen-bond acceptors (Lipinski definition) is 6. The van der Waals surface area contributed by atoms with Gasteiger partial charge in [-0.25, -0.2) is 13.6 Å². The highest BCUT2D eigenvalue weighted by molar-refractivity contribution is 5.97. The second-order valence-electron chi connectivity index (χ2n) is 11.1. The number of carbonyl (C=O) groups is 3. The summed E-state index contributed by atoms with van der Waals surface area (Å²) in [6.45, 7) is 2.52. The number of likely N-dealkylation sites (tertiary alicyclic amines) is 1. The lowest BCUT2D eigenvalue weighted by Crippen LogP contribution is -2.38. The minimum Gasteiger partial charge on any atom is -0.493 e.